The van der Waals surface area contributed by atoms with Gasteiger partial charge in [-0.3, -0.25) is 0 Å². The fourth-order valence-electron chi connectivity index (χ4n) is 2.66. The maximum atomic E-state index is 10.2. The first-order chi connectivity index (χ1) is 10.2. The summed E-state index contributed by atoms with van der Waals surface area (Å²) in [6, 6.07) is 9.23. The molecule has 2 aromatic carbocycles. The molecular weight excluding hydrogens is 272 g/mol. The summed E-state index contributed by atoms with van der Waals surface area (Å²) in [4.78, 5) is 0. The topological polar surface area (TPSA) is 57.2 Å². The summed E-state index contributed by atoms with van der Waals surface area (Å²) in [7, 11) is 0. The van der Waals surface area contributed by atoms with Crippen molar-refractivity contribution < 1.29 is 24.1 Å². The summed E-state index contributed by atoms with van der Waals surface area (Å²) in [6.07, 6.45) is 0. The molecule has 2 aromatic rings. The van der Waals surface area contributed by atoms with Gasteiger partial charge in [0.15, 0.2) is 23.0 Å². The van der Waals surface area contributed by atoms with Crippen LogP contribution in [0, 0.1) is 0 Å². The summed E-state index contributed by atoms with van der Waals surface area (Å²) in [6.45, 7) is 2.47. The first-order valence-corrected chi connectivity index (χ1v) is 6.74. The van der Waals surface area contributed by atoms with E-state index in [1.54, 1.807) is 6.07 Å². The van der Waals surface area contributed by atoms with Gasteiger partial charge in [-0.25, -0.2) is 0 Å². The van der Waals surface area contributed by atoms with Crippen LogP contribution in [0.25, 0.3) is 0 Å². The Morgan fingerprint density at radius 2 is 1.48 bits per heavy atom. The van der Waals surface area contributed by atoms with Crippen molar-refractivity contribution in [2.24, 2.45) is 0 Å². The van der Waals surface area contributed by atoms with Crippen LogP contribution in [0.3, 0.4) is 0 Å². The highest BCUT2D eigenvalue weighted by Gasteiger charge is 2.22. The number of benzene rings is 2. The first kappa shape index (κ1) is 12.2. The fourth-order valence-corrected chi connectivity index (χ4v) is 2.66. The van der Waals surface area contributed by atoms with E-state index in [1.807, 2.05) is 31.2 Å². The Morgan fingerprint density at radius 1 is 0.857 bits per heavy atom. The molecule has 0 spiro atoms. The van der Waals surface area contributed by atoms with Gasteiger partial charge < -0.3 is 24.1 Å². The lowest BCUT2D eigenvalue weighted by Gasteiger charge is -2.15. The molecule has 1 atom stereocenters. The minimum Gasteiger partial charge on any atom is -0.508 e. The number of hydrogen-bond donors (Lipinski definition) is 1. The number of hydrogen-bond acceptors (Lipinski definition) is 5. The van der Waals surface area contributed by atoms with E-state index >= 15 is 0 Å². The molecule has 5 heteroatoms. The smallest absolute Gasteiger partial charge is 0.231 e. The molecule has 21 heavy (non-hydrogen) atoms. The van der Waals surface area contributed by atoms with Crippen LogP contribution in [-0.4, -0.2) is 18.7 Å². The van der Waals surface area contributed by atoms with Crippen molar-refractivity contribution in [3.8, 4) is 28.7 Å². The molecule has 0 fully saturated rings. The maximum absolute atomic E-state index is 10.2. The van der Waals surface area contributed by atoms with E-state index in [4.69, 9.17) is 18.9 Å². The lowest BCUT2D eigenvalue weighted by Crippen LogP contribution is -1.97. The van der Waals surface area contributed by atoms with Crippen LogP contribution < -0.4 is 18.9 Å². The Balaban J connectivity index is 1.73. The van der Waals surface area contributed by atoms with Crippen molar-refractivity contribution in [3.63, 3.8) is 0 Å². The second kappa shape index (κ2) is 4.48. The standard InChI is InChI=1S/C16H14O5/c1-9(10-2-3-13-14(4-10)19-7-18-13)11-5-15-16(6-12(11)17)21-8-20-15/h2-6,9,17H,7-8H2,1H3. The maximum Gasteiger partial charge on any atom is 0.231 e. The lowest BCUT2D eigenvalue weighted by atomic mass is 9.92. The first-order valence-electron chi connectivity index (χ1n) is 6.74. The highest BCUT2D eigenvalue weighted by Crippen LogP contribution is 2.43. The van der Waals surface area contributed by atoms with Gasteiger partial charge >= 0.3 is 0 Å². The average molecular weight is 286 g/mol. The van der Waals surface area contributed by atoms with Crippen molar-refractivity contribution in [2.75, 3.05) is 13.6 Å². The van der Waals surface area contributed by atoms with Crippen LogP contribution in [0.2, 0.25) is 0 Å². The molecule has 0 bridgehead atoms. The van der Waals surface area contributed by atoms with Crippen LogP contribution in [0.4, 0.5) is 0 Å². The van der Waals surface area contributed by atoms with E-state index in [2.05, 4.69) is 0 Å². The van der Waals surface area contributed by atoms with E-state index in [1.165, 1.54) is 0 Å². The fraction of sp³-hybridized carbons (Fsp3) is 0.250. The molecule has 2 aliphatic heterocycles. The quantitative estimate of drug-likeness (QED) is 0.919. The van der Waals surface area contributed by atoms with E-state index in [9.17, 15) is 5.11 Å². The third kappa shape index (κ3) is 1.93. The number of ether oxygens (including phenoxy) is 4. The minimum atomic E-state index is -0.00556. The third-order valence-electron chi connectivity index (χ3n) is 3.89. The normalized spacial score (nSPS) is 16.0. The van der Waals surface area contributed by atoms with Crippen LogP contribution in [0.5, 0.6) is 28.7 Å². The number of phenols is 1. The Bertz CT molecular complexity index is 710. The summed E-state index contributed by atoms with van der Waals surface area (Å²) < 4.78 is 21.4. The lowest BCUT2D eigenvalue weighted by molar-refractivity contribution is 0.173. The van der Waals surface area contributed by atoms with E-state index in [-0.39, 0.29) is 25.3 Å². The van der Waals surface area contributed by atoms with Gasteiger partial charge in [-0.2, -0.15) is 0 Å². The number of fused-ring (bicyclic) bond motifs is 2. The zero-order valence-electron chi connectivity index (χ0n) is 11.5. The zero-order valence-corrected chi connectivity index (χ0v) is 11.5. The SMILES string of the molecule is CC(c1ccc2c(c1)OCO2)c1cc2c(cc1O)OCO2. The molecule has 5 nitrogen and oxygen atoms in total. The van der Waals surface area contributed by atoms with Gasteiger partial charge in [-0.15, -0.1) is 0 Å². The highest BCUT2D eigenvalue weighted by atomic mass is 16.7. The summed E-state index contributed by atoms with van der Waals surface area (Å²) in [5.74, 6) is 2.92. The number of rotatable bonds is 2. The molecule has 1 unspecified atom stereocenters. The predicted octanol–water partition coefficient (Wildman–Crippen LogP) is 3.00. The Labute approximate surface area is 121 Å². The van der Waals surface area contributed by atoms with Crippen molar-refractivity contribution in [1.82, 2.24) is 0 Å². The van der Waals surface area contributed by atoms with Crippen molar-refractivity contribution in [1.29, 1.82) is 0 Å². The largest absolute Gasteiger partial charge is 0.508 e. The third-order valence-corrected chi connectivity index (χ3v) is 3.89. The number of aromatic hydroxyl groups is 1. The Hall–Kier alpha value is -2.56. The molecule has 2 heterocycles. The average Bonchev–Trinajstić information content (AvgIpc) is 3.12. The second-order valence-corrected chi connectivity index (χ2v) is 5.10. The van der Waals surface area contributed by atoms with E-state index in [0.717, 1.165) is 22.6 Å². The summed E-state index contributed by atoms with van der Waals surface area (Å²) >= 11 is 0. The molecule has 0 aliphatic carbocycles. The molecule has 1 N–H and O–H groups in total. The minimum absolute atomic E-state index is 0.00556. The summed E-state index contributed by atoms with van der Waals surface area (Å²) in [5.41, 5.74) is 1.83. The van der Waals surface area contributed by atoms with Gasteiger partial charge in [0.05, 0.1) is 0 Å². The van der Waals surface area contributed by atoms with Crippen LogP contribution in [-0.2, 0) is 0 Å². The van der Waals surface area contributed by atoms with Crippen LogP contribution in [0.1, 0.15) is 24.0 Å². The zero-order chi connectivity index (χ0) is 14.4. The summed E-state index contributed by atoms with van der Waals surface area (Å²) in [5, 5.41) is 10.2. The molecule has 2 aliphatic rings. The highest BCUT2D eigenvalue weighted by molar-refractivity contribution is 5.55. The molecule has 0 saturated heterocycles. The van der Waals surface area contributed by atoms with Crippen molar-refractivity contribution in [2.45, 2.75) is 12.8 Å². The number of phenolic OH excluding ortho intramolecular Hbond substituents is 1. The molecule has 0 aromatic heterocycles. The van der Waals surface area contributed by atoms with Crippen LogP contribution >= 0.6 is 0 Å². The van der Waals surface area contributed by atoms with Gasteiger partial charge in [0.25, 0.3) is 0 Å². The van der Waals surface area contributed by atoms with E-state index in [0.29, 0.717) is 11.5 Å². The van der Waals surface area contributed by atoms with Crippen molar-refractivity contribution >= 4 is 0 Å². The Morgan fingerprint density at radius 3 is 2.24 bits per heavy atom. The van der Waals surface area contributed by atoms with Gasteiger partial charge in [-0.1, -0.05) is 13.0 Å². The van der Waals surface area contributed by atoms with Crippen molar-refractivity contribution in [3.05, 3.63) is 41.5 Å². The predicted molar refractivity (Wildman–Crippen MR) is 74.3 cm³/mol. The monoisotopic (exact) mass is 286 g/mol. The Kier molecular flexibility index (Phi) is 2.60. The second-order valence-electron chi connectivity index (χ2n) is 5.10. The van der Waals surface area contributed by atoms with Gasteiger partial charge in [0.2, 0.25) is 13.6 Å². The molecule has 0 saturated carbocycles. The molecule has 0 amide bonds. The molecule has 4 rings (SSSR count). The van der Waals surface area contributed by atoms with Gasteiger partial charge in [0, 0.05) is 17.5 Å². The molecule has 0 radical (unpaired) electrons. The molecule has 108 valence electrons. The van der Waals surface area contributed by atoms with Gasteiger partial charge in [-0.05, 0) is 23.8 Å². The van der Waals surface area contributed by atoms with E-state index < -0.39 is 0 Å². The van der Waals surface area contributed by atoms with Crippen LogP contribution in [0.15, 0.2) is 30.3 Å². The van der Waals surface area contributed by atoms with Gasteiger partial charge in [0.1, 0.15) is 5.75 Å². The molecular formula is C16H14O5.